The molecule has 1 aromatic rings. The summed E-state index contributed by atoms with van der Waals surface area (Å²) in [4.78, 5) is 50.4. The number of amides is 3. The molecule has 3 aliphatic rings. The van der Waals surface area contributed by atoms with Crippen molar-refractivity contribution in [2.45, 2.75) is 84.3 Å². The third-order valence-electron chi connectivity index (χ3n) is 7.02. The molecule has 9 nitrogen and oxygen atoms in total. The molecule has 36 heavy (non-hydrogen) atoms. The van der Waals surface area contributed by atoms with Crippen LogP contribution in [0.1, 0.15) is 58.9 Å². The molecule has 0 N–H and O–H groups in total. The Hall–Kier alpha value is -2.65. The van der Waals surface area contributed by atoms with Crippen molar-refractivity contribution in [2.24, 2.45) is 11.8 Å². The lowest BCUT2D eigenvalue weighted by Gasteiger charge is -2.54. The van der Waals surface area contributed by atoms with Gasteiger partial charge in [0.25, 0.3) is 5.91 Å². The first-order chi connectivity index (χ1) is 17.3. The zero-order chi connectivity index (χ0) is 25.8. The molecule has 0 aliphatic carbocycles. The number of carbonyl (C=O) groups is 3. The number of fused-ring (bicyclic) bond motifs is 1. The molecule has 3 aliphatic heterocycles. The van der Waals surface area contributed by atoms with Crippen molar-refractivity contribution < 1.29 is 28.7 Å². The molecule has 3 fully saturated rings. The second kappa shape index (κ2) is 11.6. The first kappa shape index (κ1) is 26.4. The molecule has 0 spiro atoms. The minimum atomic E-state index is -0.845. The summed E-state index contributed by atoms with van der Waals surface area (Å²) in [7, 11) is 0. The highest BCUT2D eigenvalue weighted by Gasteiger charge is 2.54. The lowest BCUT2D eigenvalue weighted by molar-refractivity contribution is -0.271. The quantitative estimate of drug-likeness (QED) is 0.568. The number of carbonyl (C=O) groups excluding carboxylic acids is 3. The number of benzene rings is 1. The van der Waals surface area contributed by atoms with Crippen molar-refractivity contribution in [3.05, 3.63) is 35.9 Å². The van der Waals surface area contributed by atoms with Crippen LogP contribution in [0.3, 0.4) is 0 Å². The number of ether oxygens (including phenoxy) is 2. The SMILES string of the molecule is CC(C)C[C@H]1ON(C(=O)OCc2ccccc2)C2CN(C3CCOCC3)C(=O)[C@H](CC(C)C)N2C1=O. The maximum absolute atomic E-state index is 13.8. The van der Waals surface area contributed by atoms with Gasteiger partial charge in [0.2, 0.25) is 5.91 Å². The van der Waals surface area contributed by atoms with Crippen molar-refractivity contribution in [1.29, 1.82) is 0 Å². The van der Waals surface area contributed by atoms with Gasteiger partial charge in [-0.05, 0) is 43.1 Å². The van der Waals surface area contributed by atoms with E-state index in [0.29, 0.717) is 26.1 Å². The number of hydrogen-bond donors (Lipinski definition) is 0. The zero-order valence-corrected chi connectivity index (χ0v) is 21.8. The minimum absolute atomic E-state index is 0.00809. The second-order valence-corrected chi connectivity index (χ2v) is 10.8. The average molecular weight is 502 g/mol. The maximum atomic E-state index is 13.8. The van der Waals surface area contributed by atoms with Crippen LogP contribution in [-0.2, 0) is 30.5 Å². The van der Waals surface area contributed by atoms with Crippen LogP contribution in [0.2, 0.25) is 0 Å². The second-order valence-electron chi connectivity index (χ2n) is 10.8. The van der Waals surface area contributed by atoms with E-state index in [-0.39, 0.29) is 42.8 Å². The van der Waals surface area contributed by atoms with Crippen molar-refractivity contribution in [3.63, 3.8) is 0 Å². The van der Waals surface area contributed by atoms with E-state index in [1.165, 1.54) is 5.06 Å². The van der Waals surface area contributed by atoms with Gasteiger partial charge in [-0.2, -0.15) is 5.06 Å². The Morgan fingerprint density at radius 3 is 2.31 bits per heavy atom. The van der Waals surface area contributed by atoms with Gasteiger partial charge in [0, 0.05) is 19.3 Å². The first-order valence-electron chi connectivity index (χ1n) is 13.1. The average Bonchev–Trinajstić information content (AvgIpc) is 2.86. The smallest absolute Gasteiger partial charge is 0.436 e. The van der Waals surface area contributed by atoms with Crippen LogP contribution in [0.5, 0.6) is 0 Å². The number of piperazine rings is 1. The van der Waals surface area contributed by atoms with Crippen LogP contribution in [0, 0.1) is 11.8 Å². The Balaban J connectivity index is 1.64. The van der Waals surface area contributed by atoms with E-state index in [0.717, 1.165) is 18.4 Å². The summed E-state index contributed by atoms with van der Waals surface area (Å²) in [5, 5.41) is 1.21. The molecule has 9 heteroatoms. The Labute approximate surface area is 213 Å². The number of hydrogen-bond acceptors (Lipinski definition) is 6. The summed E-state index contributed by atoms with van der Waals surface area (Å²) in [6, 6.07) is 8.79. The van der Waals surface area contributed by atoms with Gasteiger partial charge in [0.1, 0.15) is 12.6 Å². The predicted octanol–water partition coefficient (Wildman–Crippen LogP) is 3.58. The topological polar surface area (TPSA) is 88.6 Å². The Morgan fingerprint density at radius 2 is 1.67 bits per heavy atom. The number of hydroxylamine groups is 2. The molecule has 1 aromatic carbocycles. The molecule has 198 valence electrons. The molecule has 0 aromatic heterocycles. The third kappa shape index (κ3) is 5.83. The van der Waals surface area contributed by atoms with Gasteiger partial charge >= 0.3 is 6.09 Å². The fraction of sp³-hybridized carbons (Fsp3) is 0.667. The summed E-state index contributed by atoms with van der Waals surface area (Å²) < 4.78 is 11.1. The summed E-state index contributed by atoms with van der Waals surface area (Å²) in [6.07, 6.45) is 0.182. The summed E-state index contributed by atoms with van der Waals surface area (Å²) in [5.74, 6) is 0.0711. The number of rotatable bonds is 7. The molecule has 1 unspecified atom stereocenters. The Kier molecular flexibility index (Phi) is 8.51. The van der Waals surface area contributed by atoms with Gasteiger partial charge in [-0.1, -0.05) is 58.0 Å². The van der Waals surface area contributed by atoms with Gasteiger partial charge < -0.3 is 19.3 Å². The molecule has 4 rings (SSSR count). The highest BCUT2D eigenvalue weighted by atomic mass is 16.7. The van der Waals surface area contributed by atoms with Gasteiger partial charge in [0.15, 0.2) is 12.3 Å². The van der Waals surface area contributed by atoms with Crippen LogP contribution < -0.4 is 0 Å². The lowest BCUT2D eigenvalue weighted by Crippen LogP contribution is -2.74. The van der Waals surface area contributed by atoms with Gasteiger partial charge in [0.05, 0.1) is 6.54 Å². The zero-order valence-electron chi connectivity index (χ0n) is 21.8. The van der Waals surface area contributed by atoms with Crippen molar-refractivity contribution in [3.8, 4) is 0 Å². The van der Waals surface area contributed by atoms with Crippen molar-refractivity contribution >= 4 is 17.9 Å². The minimum Gasteiger partial charge on any atom is -0.443 e. The van der Waals surface area contributed by atoms with Crippen molar-refractivity contribution in [2.75, 3.05) is 19.8 Å². The Morgan fingerprint density at radius 1 is 1.00 bits per heavy atom. The van der Waals surface area contributed by atoms with Gasteiger partial charge in [-0.3, -0.25) is 14.4 Å². The van der Waals surface area contributed by atoms with Crippen molar-refractivity contribution in [1.82, 2.24) is 14.9 Å². The lowest BCUT2D eigenvalue weighted by atomic mass is 9.93. The fourth-order valence-corrected chi connectivity index (χ4v) is 5.28. The maximum Gasteiger partial charge on any atom is 0.436 e. The van der Waals surface area contributed by atoms with E-state index in [1.54, 1.807) is 4.90 Å². The third-order valence-corrected chi connectivity index (χ3v) is 7.02. The summed E-state index contributed by atoms with van der Waals surface area (Å²) in [6.45, 7) is 9.54. The Bertz CT molecular complexity index is 917. The van der Waals surface area contributed by atoms with Crippen LogP contribution in [0.25, 0.3) is 0 Å². The van der Waals surface area contributed by atoms with E-state index in [1.807, 2.05) is 62.9 Å². The molecular weight excluding hydrogens is 462 g/mol. The number of nitrogens with zero attached hydrogens (tertiary/aromatic N) is 3. The predicted molar refractivity (Wildman–Crippen MR) is 132 cm³/mol. The molecule has 3 atom stereocenters. The summed E-state index contributed by atoms with van der Waals surface area (Å²) in [5.41, 5.74) is 0.856. The van der Waals surface area contributed by atoms with Gasteiger partial charge in [-0.15, -0.1) is 0 Å². The monoisotopic (exact) mass is 501 g/mol. The molecule has 3 heterocycles. The van der Waals surface area contributed by atoms with E-state index in [9.17, 15) is 14.4 Å². The molecule has 0 radical (unpaired) electrons. The van der Waals surface area contributed by atoms with Crippen LogP contribution >= 0.6 is 0 Å². The largest absolute Gasteiger partial charge is 0.443 e. The van der Waals surface area contributed by atoms with E-state index in [2.05, 4.69) is 0 Å². The molecule has 0 saturated carbocycles. The van der Waals surface area contributed by atoms with Crippen LogP contribution in [-0.4, -0.2) is 76.9 Å². The van der Waals surface area contributed by atoms with Gasteiger partial charge in [-0.25, -0.2) is 4.79 Å². The van der Waals surface area contributed by atoms with E-state index < -0.39 is 24.4 Å². The highest BCUT2D eigenvalue weighted by Crippen LogP contribution is 2.34. The van der Waals surface area contributed by atoms with E-state index >= 15 is 0 Å². The van der Waals surface area contributed by atoms with Crippen LogP contribution in [0.4, 0.5) is 4.79 Å². The van der Waals surface area contributed by atoms with E-state index in [4.69, 9.17) is 14.3 Å². The standard InChI is InChI=1S/C27H39N3O6/c1-18(2)14-22-25(31)28(21-10-12-34-13-11-21)16-24-29(22)26(32)23(15-19(3)4)36-30(24)27(33)35-17-20-8-6-5-7-9-20/h5-9,18-19,21-24H,10-17H2,1-4H3/t22-,23+,24?/m0/s1. The highest BCUT2D eigenvalue weighted by molar-refractivity contribution is 5.92. The summed E-state index contributed by atoms with van der Waals surface area (Å²) >= 11 is 0. The molecule has 0 bridgehead atoms. The van der Waals surface area contributed by atoms with Crippen LogP contribution in [0.15, 0.2) is 30.3 Å². The molecule has 3 saturated heterocycles. The fourth-order valence-electron chi connectivity index (χ4n) is 5.28. The molecule has 3 amide bonds. The first-order valence-corrected chi connectivity index (χ1v) is 13.1. The molecular formula is C27H39N3O6. The normalized spacial score (nSPS) is 25.5.